The van der Waals surface area contributed by atoms with E-state index in [0.29, 0.717) is 6.54 Å². The maximum atomic E-state index is 6.27. The second-order valence-electron chi connectivity index (χ2n) is 4.78. The highest BCUT2D eigenvalue weighted by Crippen LogP contribution is 2.30. The smallest absolute Gasteiger partial charge is 0.0972 e. The zero-order valence-electron chi connectivity index (χ0n) is 11.4. The number of halogens is 1. The van der Waals surface area contributed by atoms with Crippen LogP contribution in [0.5, 0.6) is 0 Å². The Hall–Kier alpha value is -0.650. The van der Waals surface area contributed by atoms with E-state index in [2.05, 4.69) is 4.90 Å². The van der Waals surface area contributed by atoms with Crippen molar-refractivity contribution in [2.75, 3.05) is 33.9 Å². The van der Waals surface area contributed by atoms with Gasteiger partial charge in [0.15, 0.2) is 0 Å². The molecule has 1 aliphatic rings. The Kier molecular flexibility index (Phi) is 5.19. The Morgan fingerprint density at radius 1 is 1.26 bits per heavy atom. The molecule has 3 unspecified atom stereocenters. The van der Waals surface area contributed by atoms with E-state index >= 15 is 0 Å². The molecule has 0 amide bonds. The molecule has 2 N–H and O–H groups in total. The highest BCUT2D eigenvalue weighted by atomic mass is 35.5. The quantitative estimate of drug-likeness (QED) is 0.894. The van der Waals surface area contributed by atoms with Gasteiger partial charge in [0.25, 0.3) is 0 Å². The van der Waals surface area contributed by atoms with Crippen LogP contribution in [0.15, 0.2) is 24.3 Å². The van der Waals surface area contributed by atoms with Gasteiger partial charge in [0, 0.05) is 44.9 Å². The summed E-state index contributed by atoms with van der Waals surface area (Å²) in [6.45, 7) is 2.14. The molecule has 3 atom stereocenters. The van der Waals surface area contributed by atoms with Gasteiger partial charge in [0.1, 0.15) is 0 Å². The summed E-state index contributed by atoms with van der Waals surface area (Å²) in [7, 11) is 3.43. The summed E-state index contributed by atoms with van der Waals surface area (Å²) in [4.78, 5) is 2.28. The highest BCUT2D eigenvalue weighted by Gasteiger charge is 2.36. The third-order valence-corrected chi connectivity index (χ3v) is 4.12. The van der Waals surface area contributed by atoms with Crippen LogP contribution in [0.3, 0.4) is 0 Å². The van der Waals surface area contributed by atoms with Gasteiger partial charge in [0.2, 0.25) is 0 Å². The molecule has 4 nitrogen and oxygen atoms in total. The molecule has 0 bridgehead atoms. The Bertz CT molecular complexity index is 404. The zero-order valence-corrected chi connectivity index (χ0v) is 12.1. The van der Waals surface area contributed by atoms with Gasteiger partial charge in [-0.15, -0.1) is 0 Å². The van der Waals surface area contributed by atoms with Crippen molar-refractivity contribution in [3.05, 3.63) is 34.9 Å². The van der Waals surface area contributed by atoms with Crippen molar-refractivity contribution in [3.8, 4) is 0 Å². The predicted molar refractivity (Wildman–Crippen MR) is 76.4 cm³/mol. The molecule has 5 heteroatoms. The molecule has 0 saturated carbocycles. The van der Waals surface area contributed by atoms with E-state index < -0.39 is 0 Å². The molecule has 1 saturated heterocycles. The molecule has 1 aliphatic heterocycles. The van der Waals surface area contributed by atoms with Gasteiger partial charge in [-0.1, -0.05) is 29.8 Å². The van der Waals surface area contributed by atoms with Gasteiger partial charge in [-0.2, -0.15) is 0 Å². The lowest BCUT2D eigenvalue weighted by atomic mass is 10.1. The maximum absolute atomic E-state index is 6.27. The van der Waals surface area contributed by atoms with E-state index in [1.165, 1.54) is 0 Å². The minimum absolute atomic E-state index is 0.0848. The van der Waals surface area contributed by atoms with Gasteiger partial charge < -0.3 is 15.2 Å². The zero-order chi connectivity index (χ0) is 13.8. The maximum Gasteiger partial charge on any atom is 0.0972 e. The van der Waals surface area contributed by atoms with Crippen molar-refractivity contribution in [2.45, 2.75) is 18.2 Å². The molecule has 19 heavy (non-hydrogen) atoms. The number of ether oxygens (including phenoxy) is 2. The Morgan fingerprint density at radius 3 is 2.32 bits per heavy atom. The second kappa shape index (κ2) is 6.68. The fraction of sp³-hybridized carbons (Fsp3) is 0.571. The van der Waals surface area contributed by atoms with Crippen LogP contribution in [0.25, 0.3) is 0 Å². The largest absolute Gasteiger partial charge is 0.377 e. The van der Waals surface area contributed by atoms with Crippen LogP contribution >= 0.6 is 11.6 Å². The van der Waals surface area contributed by atoms with Crippen LogP contribution in [0.2, 0.25) is 5.02 Å². The summed E-state index contributed by atoms with van der Waals surface area (Å²) in [5, 5.41) is 0.757. The van der Waals surface area contributed by atoms with E-state index in [1.807, 2.05) is 24.3 Å². The minimum atomic E-state index is 0.0848. The third-order valence-electron chi connectivity index (χ3n) is 3.78. The number of likely N-dealkylation sites (tertiary alicyclic amines) is 1. The number of rotatable bonds is 5. The predicted octanol–water partition coefficient (Wildman–Crippen LogP) is 1.69. The Morgan fingerprint density at radius 2 is 1.84 bits per heavy atom. The number of hydrogen-bond donors (Lipinski definition) is 1. The first-order chi connectivity index (χ1) is 9.21. The summed E-state index contributed by atoms with van der Waals surface area (Å²) in [6.07, 6.45) is 0.170. The van der Waals surface area contributed by atoms with E-state index in [9.17, 15) is 0 Å². The van der Waals surface area contributed by atoms with Crippen LogP contribution in [-0.4, -0.2) is 51.0 Å². The summed E-state index contributed by atoms with van der Waals surface area (Å²) in [5.74, 6) is 0. The van der Waals surface area contributed by atoms with E-state index in [0.717, 1.165) is 23.7 Å². The van der Waals surface area contributed by atoms with Crippen molar-refractivity contribution in [2.24, 2.45) is 5.73 Å². The standard InChI is InChI=1S/C14H21ClN2O2/c1-18-13-8-17(9-14(13)19-2)12(7-16)10-5-3-4-6-11(10)15/h3-6,12-14H,7-9,16H2,1-2H3. The molecule has 0 aromatic heterocycles. The summed E-state index contributed by atoms with van der Waals surface area (Å²) in [5.41, 5.74) is 7.01. The number of nitrogens with zero attached hydrogens (tertiary/aromatic N) is 1. The van der Waals surface area contributed by atoms with Crippen LogP contribution in [-0.2, 0) is 9.47 Å². The molecular formula is C14H21ClN2O2. The normalized spacial score (nSPS) is 25.7. The van der Waals surface area contributed by atoms with Crippen molar-refractivity contribution in [3.63, 3.8) is 0 Å². The van der Waals surface area contributed by atoms with Gasteiger partial charge in [-0.25, -0.2) is 0 Å². The van der Waals surface area contributed by atoms with Gasteiger partial charge in [-0.3, -0.25) is 4.90 Å². The van der Waals surface area contributed by atoms with Gasteiger partial charge in [0.05, 0.1) is 12.2 Å². The van der Waals surface area contributed by atoms with Gasteiger partial charge in [-0.05, 0) is 11.6 Å². The Labute approximate surface area is 119 Å². The van der Waals surface area contributed by atoms with E-state index in [-0.39, 0.29) is 18.2 Å². The molecule has 2 rings (SSSR count). The molecule has 1 aromatic rings. The molecule has 1 aromatic carbocycles. The summed E-state index contributed by atoms with van der Waals surface area (Å²) in [6, 6.07) is 7.95. The van der Waals surface area contributed by atoms with Crippen molar-refractivity contribution in [1.82, 2.24) is 4.90 Å². The number of nitrogens with two attached hydrogens (primary N) is 1. The first-order valence-electron chi connectivity index (χ1n) is 6.45. The fourth-order valence-electron chi connectivity index (χ4n) is 2.70. The molecular weight excluding hydrogens is 264 g/mol. The van der Waals surface area contributed by atoms with Crippen molar-refractivity contribution >= 4 is 11.6 Å². The Balaban J connectivity index is 2.18. The number of benzene rings is 1. The fourth-order valence-corrected chi connectivity index (χ4v) is 2.96. The van der Waals surface area contributed by atoms with E-state index in [4.69, 9.17) is 26.8 Å². The van der Waals surface area contributed by atoms with Crippen LogP contribution in [0.4, 0.5) is 0 Å². The lowest BCUT2D eigenvalue weighted by molar-refractivity contribution is -0.00461. The SMILES string of the molecule is COC1CN(C(CN)c2ccccc2Cl)CC1OC. The molecule has 106 valence electrons. The van der Waals surface area contributed by atoms with Crippen LogP contribution in [0.1, 0.15) is 11.6 Å². The second-order valence-corrected chi connectivity index (χ2v) is 5.18. The first kappa shape index (κ1) is 14.8. The van der Waals surface area contributed by atoms with Gasteiger partial charge >= 0.3 is 0 Å². The molecule has 1 fully saturated rings. The molecule has 0 spiro atoms. The molecule has 0 aliphatic carbocycles. The molecule has 0 radical (unpaired) electrons. The third kappa shape index (κ3) is 3.09. The van der Waals surface area contributed by atoms with Crippen LogP contribution < -0.4 is 5.73 Å². The summed E-state index contributed by atoms with van der Waals surface area (Å²) >= 11 is 6.27. The van der Waals surface area contributed by atoms with Crippen LogP contribution in [0, 0.1) is 0 Å². The summed E-state index contributed by atoms with van der Waals surface area (Å²) < 4.78 is 10.9. The van der Waals surface area contributed by atoms with E-state index in [1.54, 1.807) is 14.2 Å². The lowest BCUT2D eigenvalue weighted by Crippen LogP contribution is -2.33. The topological polar surface area (TPSA) is 47.7 Å². The average molecular weight is 285 g/mol. The number of hydrogen-bond acceptors (Lipinski definition) is 4. The monoisotopic (exact) mass is 284 g/mol. The van der Waals surface area contributed by atoms with Crippen molar-refractivity contribution in [1.29, 1.82) is 0 Å². The van der Waals surface area contributed by atoms with Crippen molar-refractivity contribution < 1.29 is 9.47 Å². The highest BCUT2D eigenvalue weighted by molar-refractivity contribution is 6.31. The lowest BCUT2D eigenvalue weighted by Gasteiger charge is -2.27. The average Bonchev–Trinajstić information content (AvgIpc) is 2.85. The minimum Gasteiger partial charge on any atom is -0.377 e. The molecule has 1 heterocycles. The first-order valence-corrected chi connectivity index (χ1v) is 6.83. The number of methoxy groups -OCH3 is 2.